The second-order valence-electron chi connectivity index (χ2n) is 8.16. The van der Waals surface area contributed by atoms with Crippen LogP contribution in [0.4, 0.5) is 4.79 Å². The minimum atomic E-state index is -0.418. The van der Waals surface area contributed by atoms with E-state index in [9.17, 15) is 9.59 Å². The molecule has 1 aromatic carbocycles. The van der Waals surface area contributed by atoms with E-state index < -0.39 is 6.09 Å². The first-order valence-electron chi connectivity index (χ1n) is 10.7. The Hall–Kier alpha value is -2.25. The van der Waals surface area contributed by atoms with Crippen molar-refractivity contribution < 1.29 is 14.3 Å². The number of ether oxygens (including phenoxy) is 1. The van der Waals surface area contributed by atoms with Crippen molar-refractivity contribution in [3.8, 4) is 0 Å². The van der Waals surface area contributed by atoms with Gasteiger partial charge in [-0.25, -0.2) is 4.79 Å². The third-order valence-corrected chi connectivity index (χ3v) is 6.17. The molecule has 9 heteroatoms. The number of nitrogens with zero attached hydrogens (tertiary/aromatic N) is 3. The Morgan fingerprint density at radius 3 is 2.52 bits per heavy atom. The largest absolute Gasteiger partial charge is 0.445 e. The Bertz CT molecular complexity index is 936. The maximum Gasteiger partial charge on any atom is 0.410 e. The lowest BCUT2D eigenvalue weighted by Crippen LogP contribution is -2.36. The zero-order valence-electron chi connectivity index (χ0n) is 17.3. The molecule has 0 spiro atoms. The Kier molecular flexibility index (Phi) is 7.02. The topological polar surface area (TPSA) is 76.5 Å². The van der Waals surface area contributed by atoms with Gasteiger partial charge in [0.2, 0.25) is 0 Å². The second kappa shape index (κ2) is 9.92. The second-order valence-corrected chi connectivity index (χ2v) is 9.03. The quantitative estimate of drug-likeness (QED) is 0.704. The van der Waals surface area contributed by atoms with E-state index >= 15 is 0 Å². The fourth-order valence-electron chi connectivity index (χ4n) is 4.17. The molecule has 2 aliphatic rings. The van der Waals surface area contributed by atoms with Crippen molar-refractivity contribution in [1.29, 1.82) is 0 Å². The molecule has 31 heavy (non-hydrogen) atoms. The van der Waals surface area contributed by atoms with Gasteiger partial charge in [-0.3, -0.25) is 9.48 Å². The number of amides is 2. The summed E-state index contributed by atoms with van der Waals surface area (Å²) in [6.45, 7) is 1.64. The first kappa shape index (κ1) is 22.0. The number of benzene rings is 1. The average molecular weight is 465 g/mol. The molecule has 4 rings (SSSR count). The van der Waals surface area contributed by atoms with Crippen LogP contribution in [-0.2, 0) is 24.4 Å². The monoisotopic (exact) mass is 464 g/mol. The highest BCUT2D eigenvalue weighted by atomic mass is 35.5. The molecule has 1 aliphatic heterocycles. The first-order valence-corrected chi connectivity index (χ1v) is 11.5. The van der Waals surface area contributed by atoms with Crippen molar-refractivity contribution in [2.45, 2.75) is 64.3 Å². The first-order chi connectivity index (χ1) is 15.0. The molecule has 0 unspecified atom stereocenters. The maximum absolute atomic E-state index is 12.6. The van der Waals surface area contributed by atoms with Crippen LogP contribution in [0.1, 0.15) is 60.3 Å². The van der Waals surface area contributed by atoms with Crippen molar-refractivity contribution in [3.63, 3.8) is 0 Å². The molecular formula is C22H26Cl2N4O3. The van der Waals surface area contributed by atoms with Gasteiger partial charge in [0.1, 0.15) is 6.61 Å². The number of nitrogens with one attached hydrogen (secondary N) is 1. The van der Waals surface area contributed by atoms with Gasteiger partial charge in [0.05, 0.1) is 12.2 Å². The molecule has 1 aromatic heterocycles. The molecule has 2 amide bonds. The van der Waals surface area contributed by atoms with Gasteiger partial charge in [0.15, 0.2) is 5.69 Å². The number of halogens is 2. The van der Waals surface area contributed by atoms with Gasteiger partial charge in [0.25, 0.3) is 5.91 Å². The van der Waals surface area contributed by atoms with Crippen LogP contribution < -0.4 is 5.32 Å². The number of hydrogen-bond donors (Lipinski definition) is 1. The SMILES string of the molecule is O=C(NC1CCCCC1)c1cc2n(n1)CCCN(C(=O)OCc1cc(Cl)cc(Cl)c1)C2. The summed E-state index contributed by atoms with van der Waals surface area (Å²) in [5.41, 5.74) is 1.96. The summed E-state index contributed by atoms with van der Waals surface area (Å²) in [5, 5.41) is 8.57. The molecule has 0 saturated heterocycles. The summed E-state index contributed by atoms with van der Waals surface area (Å²) in [6.07, 6.45) is 5.91. The molecule has 2 heterocycles. The lowest BCUT2D eigenvalue weighted by atomic mass is 9.95. The molecule has 2 aromatic rings. The minimum Gasteiger partial charge on any atom is -0.445 e. The van der Waals surface area contributed by atoms with Crippen molar-refractivity contribution in [2.24, 2.45) is 0 Å². The van der Waals surface area contributed by atoms with Crippen molar-refractivity contribution in [2.75, 3.05) is 6.54 Å². The zero-order valence-corrected chi connectivity index (χ0v) is 18.8. The maximum atomic E-state index is 12.6. The van der Waals surface area contributed by atoms with Crippen molar-refractivity contribution >= 4 is 35.2 Å². The van der Waals surface area contributed by atoms with Gasteiger partial charge in [0, 0.05) is 29.2 Å². The smallest absolute Gasteiger partial charge is 0.410 e. The van der Waals surface area contributed by atoms with E-state index in [0.717, 1.165) is 43.4 Å². The van der Waals surface area contributed by atoms with Crippen LogP contribution in [0, 0.1) is 0 Å². The van der Waals surface area contributed by atoms with Crippen LogP contribution in [0.25, 0.3) is 0 Å². The molecule has 7 nitrogen and oxygen atoms in total. The van der Waals surface area contributed by atoms with Crippen LogP contribution in [0.5, 0.6) is 0 Å². The third kappa shape index (κ3) is 5.71. The standard InChI is InChI=1S/C22H26Cl2N4O3/c23-16-9-15(10-17(24)11-16)14-31-22(30)27-7-4-8-28-19(13-27)12-20(26-28)21(29)25-18-5-2-1-3-6-18/h9-12,18H,1-8,13-14H2,(H,25,29). The van der Waals surface area contributed by atoms with Crippen molar-refractivity contribution in [1.82, 2.24) is 20.0 Å². The third-order valence-electron chi connectivity index (χ3n) is 5.73. The Labute approximate surface area is 191 Å². The Morgan fingerprint density at radius 2 is 1.77 bits per heavy atom. The van der Waals surface area contributed by atoms with Crippen LogP contribution in [-0.4, -0.2) is 39.3 Å². The summed E-state index contributed by atoms with van der Waals surface area (Å²) in [7, 11) is 0. The van der Waals surface area contributed by atoms with Gasteiger partial charge in [-0.05, 0) is 49.1 Å². The number of aromatic nitrogens is 2. The van der Waals surface area contributed by atoms with Gasteiger partial charge in [-0.1, -0.05) is 42.5 Å². The molecule has 0 atom stereocenters. The summed E-state index contributed by atoms with van der Waals surface area (Å²) < 4.78 is 7.28. The summed E-state index contributed by atoms with van der Waals surface area (Å²) in [6, 6.07) is 7.08. The molecule has 1 saturated carbocycles. The van der Waals surface area contributed by atoms with E-state index in [1.165, 1.54) is 6.42 Å². The Balaban J connectivity index is 1.37. The fourth-order valence-corrected chi connectivity index (χ4v) is 4.74. The number of hydrogen-bond acceptors (Lipinski definition) is 4. The highest BCUT2D eigenvalue weighted by Crippen LogP contribution is 2.21. The van der Waals surface area contributed by atoms with Gasteiger partial charge in [-0.2, -0.15) is 5.10 Å². The molecular weight excluding hydrogens is 439 g/mol. The lowest BCUT2D eigenvalue weighted by Gasteiger charge is -2.22. The predicted octanol–water partition coefficient (Wildman–Crippen LogP) is 4.79. The number of carbonyl (C=O) groups is 2. The zero-order chi connectivity index (χ0) is 21.8. The van der Waals surface area contributed by atoms with E-state index in [2.05, 4.69) is 10.4 Å². The summed E-state index contributed by atoms with van der Waals surface area (Å²) in [5.74, 6) is -0.139. The van der Waals surface area contributed by atoms with Crippen LogP contribution in [0.2, 0.25) is 10.0 Å². The highest BCUT2D eigenvalue weighted by Gasteiger charge is 2.24. The summed E-state index contributed by atoms with van der Waals surface area (Å²) >= 11 is 12.0. The predicted molar refractivity (Wildman–Crippen MR) is 118 cm³/mol. The minimum absolute atomic E-state index is 0.0872. The van der Waals surface area contributed by atoms with Crippen molar-refractivity contribution in [3.05, 3.63) is 51.3 Å². The number of rotatable bonds is 4. The summed E-state index contributed by atoms with van der Waals surface area (Å²) in [4.78, 5) is 26.9. The van der Waals surface area contributed by atoms with Gasteiger partial charge >= 0.3 is 6.09 Å². The normalized spacial score (nSPS) is 17.0. The molecule has 0 radical (unpaired) electrons. The molecule has 1 fully saturated rings. The van der Waals surface area contributed by atoms with E-state index in [1.54, 1.807) is 29.2 Å². The van der Waals surface area contributed by atoms with Gasteiger partial charge < -0.3 is 15.0 Å². The van der Waals surface area contributed by atoms with E-state index in [0.29, 0.717) is 35.4 Å². The number of carbonyl (C=O) groups excluding carboxylic acids is 2. The highest BCUT2D eigenvalue weighted by molar-refractivity contribution is 6.34. The molecule has 1 aliphatic carbocycles. The van der Waals surface area contributed by atoms with Gasteiger partial charge in [-0.15, -0.1) is 0 Å². The number of fused-ring (bicyclic) bond motifs is 1. The average Bonchev–Trinajstić information content (AvgIpc) is 3.04. The van der Waals surface area contributed by atoms with E-state index in [4.69, 9.17) is 27.9 Å². The van der Waals surface area contributed by atoms with Crippen LogP contribution >= 0.6 is 23.2 Å². The molecule has 1 N–H and O–H groups in total. The van der Waals surface area contributed by atoms with E-state index in [1.807, 2.05) is 4.68 Å². The van der Waals surface area contributed by atoms with E-state index in [-0.39, 0.29) is 18.6 Å². The fraction of sp³-hybridized carbons (Fsp3) is 0.500. The Morgan fingerprint density at radius 1 is 1.03 bits per heavy atom. The number of aryl methyl sites for hydroxylation is 1. The lowest BCUT2D eigenvalue weighted by molar-refractivity contribution is 0.0921. The molecule has 0 bridgehead atoms. The molecule has 166 valence electrons. The van der Waals surface area contributed by atoms with Crippen LogP contribution in [0.15, 0.2) is 24.3 Å². The van der Waals surface area contributed by atoms with Crippen LogP contribution in [0.3, 0.4) is 0 Å².